The van der Waals surface area contributed by atoms with Crippen molar-refractivity contribution in [3.05, 3.63) is 70.5 Å². The van der Waals surface area contributed by atoms with Crippen LogP contribution in [0.25, 0.3) is 0 Å². The van der Waals surface area contributed by atoms with Crippen LogP contribution in [0.4, 0.5) is 30.5 Å². The van der Waals surface area contributed by atoms with Gasteiger partial charge in [-0.2, -0.15) is 18.4 Å². The number of alkyl halides is 3. The third kappa shape index (κ3) is 5.92. The largest absolute Gasteiger partial charge is 0.417 e. The van der Waals surface area contributed by atoms with E-state index < -0.39 is 35.3 Å². The van der Waals surface area contributed by atoms with Crippen LogP contribution in [-0.2, 0) is 11.0 Å². The fourth-order valence-corrected chi connectivity index (χ4v) is 4.44. The molecule has 1 fully saturated rings. The van der Waals surface area contributed by atoms with Gasteiger partial charge < -0.3 is 16.4 Å². The molecular weight excluding hydrogens is 509 g/mol. The standard InChI is InChI=1S/C27H25F3N8O/c1-16-5-3-7-19(13-16)37(11-4-6-18-8-9-23(33)36-35-18)26(39)24-22(32)10-12-38(24)25-20(15-31)21(27(28,29)30)14-17(2)34-25/h3,5,7-9,13-14,22,24H,10-12,32H2,1-2H3,(H2,33,36)/t22-,24+/m1/s1. The Balaban J connectivity index is 1.75. The van der Waals surface area contributed by atoms with E-state index in [-0.39, 0.29) is 30.4 Å². The summed E-state index contributed by atoms with van der Waals surface area (Å²) in [5, 5.41) is 17.3. The monoisotopic (exact) mass is 534 g/mol. The lowest BCUT2D eigenvalue weighted by molar-refractivity contribution is -0.137. The molecule has 3 aromatic rings. The summed E-state index contributed by atoms with van der Waals surface area (Å²) < 4.78 is 41.3. The van der Waals surface area contributed by atoms with Gasteiger partial charge in [0, 0.05) is 24.0 Å². The number of hydrogen-bond donors (Lipinski definition) is 2. The summed E-state index contributed by atoms with van der Waals surface area (Å²) in [5.41, 5.74) is 12.0. The summed E-state index contributed by atoms with van der Waals surface area (Å²) in [4.78, 5) is 21.1. The smallest absolute Gasteiger partial charge is 0.382 e. The number of nitriles is 1. The number of amides is 1. The Bertz CT molecular complexity index is 1490. The van der Waals surface area contributed by atoms with Crippen LogP contribution >= 0.6 is 0 Å². The molecule has 0 unspecified atom stereocenters. The first-order valence-corrected chi connectivity index (χ1v) is 12.0. The first-order chi connectivity index (χ1) is 18.5. The van der Waals surface area contributed by atoms with Crippen LogP contribution in [0.15, 0.2) is 42.5 Å². The second-order valence-corrected chi connectivity index (χ2v) is 9.12. The van der Waals surface area contributed by atoms with E-state index in [2.05, 4.69) is 27.0 Å². The lowest BCUT2D eigenvalue weighted by Gasteiger charge is -2.32. The van der Waals surface area contributed by atoms with E-state index in [1.807, 2.05) is 13.0 Å². The number of hydrogen-bond acceptors (Lipinski definition) is 8. The van der Waals surface area contributed by atoms with Crippen molar-refractivity contribution in [3.63, 3.8) is 0 Å². The maximum absolute atomic E-state index is 14.1. The number of carbonyl (C=O) groups is 1. The fraction of sp³-hybridized carbons (Fsp3) is 0.296. The van der Waals surface area contributed by atoms with E-state index in [0.29, 0.717) is 17.8 Å². The number of carbonyl (C=O) groups excluding carboxylic acids is 1. The molecular formula is C27H25F3N8O. The van der Waals surface area contributed by atoms with Crippen LogP contribution in [0.2, 0.25) is 0 Å². The zero-order chi connectivity index (χ0) is 28.3. The minimum atomic E-state index is -4.77. The molecule has 2 aromatic heterocycles. The Hall–Kier alpha value is -4.68. The molecule has 1 aromatic carbocycles. The Labute approximate surface area is 223 Å². The normalized spacial score (nSPS) is 16.8. The molecule has 39 heavy (non-hydrogen) atoms. The van der Waals surface area contributed by atoms with Gasteiger partial charge in [0.15, 0.2) is 0 Å². The summed E-state index contributed by atoms with van der Waals surface area (Å²) in [6.45, 7) is 3.35. The van der Waals surface area contributed by atoms with Gasteiger partial charge in [-0.3, -0.25) is 9.69 Å². The number of aromatic nitrogens is 3. The lowest BCUT2D eigenvalue weighted by atomic mass is 10.1. The van der Waals surface area contributed by atoms with Crippen LogP contribution in [0.1, 0.15) is 34.5 Å². The molecule has 0 aliphatic carbocycles. The van der Waals surface area contributed by atoms with Crippen molar-refractivity contribution < 1.29 is 18.0 Å². The topological polar surface area (TPSA) is 138 Å². The quantitative estimate of drug-likeness (QED) is 0.488. The molecule has 4 rings (SSSR count). The third-order valence-electron chi connectivity index (χ3n) is 6.23. The average Bonchev–Trinajstić information content (AvgIpc) is 3.27. The Kier molecular flexibility index (Phi) is 7.70. The van der Waals surface area contributed by atoms with Gasteiger partial charge in [-0.05, 0) is 62.1 Å². The van der Waals surface area contributed by atoms with Crippen molar-refractivity contribution in [3.8, 4) is 17.9 Å². The number of pyridine rings is 1. The average molecular weight is 535 g/mol. The maximum Gasteiger partial charge on any atom is 0.417 e. The van der Waals surface area contributed by atoms with Gasteiger partial charge in [0.2, 0.25) is 0 Å². The maximum atomic E-state index is 14.1. The van der Waals surface area contributed by atoms with Gasteiger partial charge in [-0.1, -0.05) is 18.1 Å². The number of anilines is 3. The second-order valence-electron chi connectivity index (χ2n) is 9.12. The van der Waals surface area contributed by atoms with Gasteiger partial charge in [-0.25, -0.2) is 4.98 Å². The minimum Gasteiger partial charge on any atom is -0.382 e. The van der Waals surface area contributed by atoms with Crippen LogP contribution < -0.4 is 21.3 Å². The highest BCUT2D eigenvalue weighted by atomic mass is 19.4. The molecule has 200 valence electrons. The Morgan fingerprint density at radius 1 is 1.21 bits per heavy atom. The number of nitrogens with zero attached hydrogens (tertiary/aromatic N) is 6. The molecule has 0 bridgehead atoms. The number of nitrogens with two attached hydrogens (primary N) is 2. The number of aryl methyl sites for hydroxylation is 2. The van der Waals surface area contributed by atoms with E-state index in [1.54, 1.807) is 36.4 Å². The number of nitrogen functional groups attached to an aromatic ring is 1. The molecule has 3 heterocycles. The zero-order valence-corrected chi connectivity index (χ0v) is 21.2. The molecule has 1 saturated heterocycles. The summed E-state index contributed by atoms with van der Waals surface area (Å²) in [5.74, 6) is 5.28. The highest BCUT2D eigenvalue weighted by Crippen LogP contribution is 2.38. The summed E-state index contributed by atoms with van der Waals surface area (Å²) >= 11 is 0. The number of benzene rings is 1. The van der Waals surface area contributed by atoms with Gasteiger partial charge in [0.1, 0.15) is 35.0 Å². The summed E-state index contributed by atoms with van der Waals surface area (Å²) in [6, 6.07) is 11.0. The molecule has 1 aliphatic heterocycles. The minimum absolute atomic E-state index is 0.0639. The van der Waals surface area contributed by atoms with Crippen molar-refractivity contribution in [1.29, 1.82) is 5.26 Å². The van der Waals surface area contributed by atoms with E-state index >= 15 is 0 Å². The highest BCUT2D eigenvalue weighted by Gasteiger charge is 2.43. The first kappa shape index (κ1) is 27.4. The van der Waals surface area contributed by atoms with E-state index in [1.165, 1.54) is 16.7 Å². The van der Waals surface area contributed by atoms with Crippen LogP contribution in [0.3, 0.4) is 0 Å². The number of halogens is 3. The third-order valence-corrected chi connectivity index (χ3v) is 6.23. The lowest BCUT2D eigenvalue weighted by Crippen LogP contribution is -2.53. The molecule has 9 nitrogen and oxygen atoms in total. The molecule has 12 heteroatoms. The molecule has 0 saturated carbocycles. The Morgan fingerprint density at radius 2 is 1.97 bits per heavy atom. The molecule has 0 spiro atoms. The zero-order valence-electron chi connectivity index (χ0n) is 21.2. The van der Waals surface area contributed by atoms with Gasteiger partial charge in [-0.15, -0.1) is 10.2 Å². The van der Waals surface area contributed by atoms with Crippen molar-refractivity contribution in [2.24, 2.45) is 5.73 Å². The summed E-state index contributed by atoms with van der Waals surface area (Å²) in [7, 11) is 0. The van der Waals surface area contributed by atoms with Gasteiger partial charge in [0.05, 0.1) is 12.1 Å². The van der Waals surface area contributed by atoms with Crippen molar-refractivity contribution >= 4 is 23.2 Å². The molecule has 1 aliphatic rings. The van der Waals surface area contributed by atoms with Crippen molar-refractivity contribution in [1.82, 2.24) is 15.2 Å². The highest BCUT2D eigenvalue weighted by molar-refractivity contribution is 6.00. The predicted molar refractivity (Wildman–Crippen MR) is 139 cm³/mol. The predicted octanol–water partition coefficient (Wildman–Crippen LogP) is 2.95. The van der Waals surface area contributed by atoms with Crippen LogP contribution in [0.5, 0.6) is 0 Å². The molecule has 0 radical (unpaired) electrons. The van der Waals surface area contributed by atoms with Crippen LogP contribution in [0, 0.1) is 37.0 Å². The Morgan fingerprint density at radius 3 is 2.62 bits per heavy atom. The summed E-state index contributed by atoms with van der Waals surface area (Å²) in [6.07, 6.45) is -4.46. The first-order valence-electron chi connectivity index (χ1n) is 12.0. The second kappa shape index (κ2) is 11.0. The van der Waals surface area contributed by atoms with E-state index in [0.717, 1.165) is 11.6 Å². The molecule has 2 atom stereocenters. The van der Waals surface area contributed by atoms with Crippen LogP contribution in [-0.4, -0.2) is 46.3 Å². The van der Waals surface area contributed by atoms with Crippen molar-refractivity contribution in [2.75, 3.05) is 28.6 Å². The molecule has 4 N–H and O–H groups in total. The fourth-order valence-electron chi connectivity index (χ4n) is 4.44. The number of rotatable bonds is 4. The molecule has 1 amide bonds. The SMILES string of the molecule is Cc1cccc(N(CC#Cc2ccc(N)nn2)C(=O)[C@@H]2[C@H](N)CCN2c2nc(C)cc(C(F)(F)F)c2C#N)c1. The van der Waals surface area contributed by atoms with E-state index in [4.69, 9.17) is 11.5 Å². The van der Waals surface area contributed by atoms with Gasteiger partial charge >= 0.3 is 6.18 Å². The van der Waals surface area contributed by atoms with E-state index in [9.17, 15) is 23.2 Å². The van der Waals surface area contributed by atoms with Gasteiger partial charge in [0.25, 0.3) is 5.91 Å². The van der Waals surface area contributed by atoms with Crippen molar-refractivity contribution in [2.45, 2.75) is 38.5 Å².